The lowest BCUT2D eigenvalue weighted by atomic mass is 10.0. The van der Waals surface area contributed by atoms with Crippen molar-refractivity contribution < 1.29 is 0 Å². The van der Waals surface area contributed by atoms with Gasteiger partial charge < -0.3 is 5.32 Å². The van der Waals surface area contributed by atoms with Gasteiger partial charge in [-0.3, -0.25) is 0 Å². The summed E-state index contributed by atoms with van der Waals surface area (Å²) in [6.45, 7) is 3.34. The van der Waals surface area contributed by atoms with Gasteiger partial charge in [0.15, 0.2) is 0 Å². The summed E-state index contributed by atoms with van der Waals surface area (Å²) in [5, 5.41) is 3.59. The van der Waals surface area contributed by atoms with Crippen LogP contribution in [0.2, 0.25) is 0 Å². The molecule has 0 saturated heterocycles. The van der Waals surface area contributed by atoms with E-state index in [-0.39, 0.29) is 0 Å². The highest BCUT2D eigenvalue weighted by atomic mass is 14.9. The number of allylic oxidation sites excluding steroid dienone is 3. The zero-order valence-corrected chi connectivity index (χ0v) is 9.00. The average molecular weight is 190 g/mol. The maximum atomic E-state index is 3.59. The van der Waals surface area contributed by atoms with E-state index in [1.54, 1.807) is 0 Å². The molecule has 0 aromatic rings. The van der Waals surface area contributed by atoms with Crippen molar-refractivity contribution in [2.24, 2.45) is 5.92 Å². The van der Waals surface area contributed by atoms with E-state index in [0.29, 0.717) is 6.04 Å². The van der Waals surface area contributed by atoms with Gasteiger partial charge in [-0.05, 0) is 32.1 Å². The van der Waals surface area contributed by atoms with E-state index in [1.165, 1.54) is 24.8 Å². The lowest BCUT2D eigenvalue weighted by molar-refractivity contribution is 0.507. The first-order valence-electron chi connectivity index (χ1n) is 5.77. The zero-order chi connectivity index (χ0) is 9.80. The Labute approximate surface area is 87.3 Å². The van der Waals surface area contributed by atoms with Crippen molar-refractivity contribution in [1.82, 2.24) is 5.32 Å². The number of hydrogen-bond acceptors (Lipinski definition) is 1. The first-order valence-corrected chi connectivity index (χ1v) is 5.77. The summed E-state index contributed by atoms with van der Waals surface area (Å²) in [4.78, 5) is 0. The molecule has 0 aromatic carbocycles. The Bertz CT molecular complexity index is 236. The van der Waals surface area contributed by atoms with E-state index < -0.39 is 0 Å². The predicted octanol–water partition coefficient (Wildman–Crippen LogP) is 2.86. The van der Waals surface area contributed by atoms with Crippen molar-refractivity contribution in [1.29, 1.82) is 0 Å². The van der Waals surface area contributed by atoms with E-state index in [4.69, 9.17) is 0 Å². The lowest BCUT2D eigenvalue weighted by Crippen LogP contribution is -2.28. The molecule has 0 aliphatic heterocycles. The Morgan fingerprint density at radius 1 is 1.50 bits per heavy atom. The van der Waals surface area contributed by atoms with Crippen LogP contribution in [0.4, 0.5) is 0 Å². The second kappa shape index (κ2) is 4.79. The summed E-state index contributed by atoms with van der Waals surface area (Å²) in [6.07, 6.45) is 14.2. The fourth-order valence-electron chi connectivity index (χ4n) is 1.92. The first kappa shape index (κ1) is 9.97. The van der Waals surface area contributed by atoms with Crippen LogP contribution in [0.3, 0.4) is 0 Å². The van der Waals surface area contributed by atoms with Crippen LogP contribution in [0.1, 0.15) is 32.6 Å². The highest BCUT2D eigenvalue weighted by molar-refractivity contribution is 5.27. The van der Waals surface area contributed by atoms with Crippen molar-refractivity contribution in [3.05, 3.63) is 30.2 Å². The average Bonchev–Trinajstić information content (AvgIpc) is 3.00. The molecule has 77 valence electrons. The van der Waals surface area contributed by atoms with Crippen LogP contribution in [0.15, 0.2) is 23.8 Å². The third-order valence-corrected chi connectivity index (χ3v) is 3.00. The van der Waals surface area contributed by atoms with Crippen LogP contribution < -0.4 is 5.32 Å². The van der Waals surface area contributed by atoms with Crippen molar-refractivity contribution in [3.8, 4) is 0 Å². The van der Waals surface area contributed by atoms with Crippen LogP contribution in [-0.2, 0) is 0 Å². The Morgan fingerprint density at radius 3 is 3.00 bits per heavy atom. The Morgan fingerprint density at radius 2 is 2.36 bits per heavy atom. The first-order chi connectivity index (χ1) is 6.84. The van der Waals surface area contributed by atoms with E-state index in [2.05, 4.69) is 36.9 Å². The molecular formula is C13H20N. The molecule has 1 atom stereocenters. The second-order valence-electron chi connectivity index (χ2n) is 4.57. The van der Waals surface area contributed by atoms with Crippen molar-refractivity contribution in [3.63, 3.8) is 0 Å². The maximum absolute atomic E-state index is 3.59. The van der Waals surface area contributed by atoms with Gasteiger partial charge in [-0.1, -0.05) is 36.6 Å². The van der Waals surface area contributed by atoms with Crippen LogP contribution in [-0.4, -0.2) is 12.6 Å². The van der Waals surface area contributed by atoms with Gasteiger partial charge in [-0.25, -0.2) is 0 Å². The summed E-state index contributed by atoms with van der Waals surface area (Å²) in [5.41, 5.74) is 1.44. The normalized spacial score (nSPS) is 23.4. The van der Waals surface area contributed by atoms with Crippen molar-refractivity contribution in [2.75, 3.05) is 6.54 Å². The largest absolute Gasteiger partial charge is 0.311 e. The molecule has 0 aromatic heterocycles. The summed E-state index contributed by atoms with van der Waals surface area (Å²) >= 11 is 0. The van der Waals surface area contributed by atoms with Gasteiger partial charge in [0.1, 0.15) is 0 Å². The minimum absolute atomic E-state index is 0.683. The highest BCUT2D eigenvalue weighted by Crippen LogP contribution is 2.33. The van der Waals surface area contributed by atoms with Crippen LogP contribution in [0.5, 0.6) is 0 Å². The third-order valence-electron chi connectivity index (χ3n) is 3.00. The van der Waals surface area contributed by atoms with Gasteiger partial charge in [0.05, 0.1) is 0 Å². The predicted molar refractivity (Wildman–Crippen MR) is 60.9 cm³/mol. The van der Waals surface area contributed by atoms with Crippen molar-refractivity contribution >= 4 is 0 Å². The van der Waals surface area contributed by atoms with Gasteiger partial charge in [0, 0.05) is 12.6 Å². The van der Waals surface area contributed by atoms with E-state index in [0.717, 1.165) is 18.9 Å². The molecule has 1 radical (unpaired) electrons. The maximum Gasteiger partial charge on any atom is 0.0173 e. The Hall–Kier alpha value is -0.560. The van der Waals surface area contributed by atoms with Gasteiger partial charge >= 0.3 is 0 Å². The molecule has 0 amide bonds. The topological polar surface area (TPSA) is 12.0 Å². The summed E-state index contributed by atoms with van der Waals surface area (Å²) in [7, 11) is 0. The SMILES string of the molecule is CC(CC1CC1)NCC1=CC=CC[CH]1. The monoisotopic (exact) mass is 190 g/mol. The highest BCUT2D eigenvalue weighted by Gasteiger charge is 2.23. The lowest BCUT2D eigenvalue weighted by Gasteiger charge is -2.15. The molecule has 14 heavy (non-hydrogen) atoms. The smallest absolute Gasteiger partial charge is 0.0173 e. The number of nitrogens with one attached hydrogen (secondary N) is 1. The number of rotatable bonds is 5. The van der Waals surface area contributed by atoms with Crippen LogP contribution in [0, 0.1) is 12.3 Å². The van der Waals surface area contributed by atoms with Gasteiger partial charge in [0.2, 0.25) is 0 Å². The standard InChI is InChI=1S/C13H20N/c1-11(9-12-7-8-12)14-10-13-5-3-2-4-6-13/h2-3,5-6,11-12,14H,4,7-10H2,1H3. The number of hydrogen-bond donors (Lipinski definition) is 1. The molecule has 1 unspecified atom stereocenters. The molecule has 1 N–H and O–H groups in total. The van der Waals surface area contributed by atoms with Gasteiger partial charge in [-0.2, -0.15) is 0 Å². The van der Waals surface area contributed by atoms with E-state index >= 15 is 0 Å². The molecule has 0 bridgehead atoms. The van der Waals surface area contributed by atoms with Gasteiger partial charge in [-0.15, -0.1) is 0 Å². The molecule has 0 heterocycles. The molecule has 2 rings (SSSR count). The molecule has 0 spiro atoms. The van der Waals surface area contributed by atoms with E-state index in [9.17, 15) is 0 Å². The Kier molecular flexibility index (Phi) is 3.41. The molecule has 1 nitrogen and oxygen atoms in total. The van der Waals surface area contributed by atoms with Crippen LogP contribution in [0.25, 0.3) is 0 Å². The van der Waals surface area contributed by atoms with Gasteiger partial charge in [0.25, 0.3) is 0 Å². The fraction of sp³-hybridized carbons (Fsp3) is 0.615. The quantitative estimate of drug-likeness (QED) is 0.703. The molecule has 1 fully saturated rings. The third kappa shape index (κ3) is 3.30. The molecular weight excluding hydrogens is 170 g/mol. The molecule has 1 heteroatoms. The fourth-order valence-corrected chi connectivity index (χ4v) is 1.92. The minimum Gasteiger partial charge on any atom is -0.311 e. The minimum atomic E-state index is 0.683. The molecule has 1 saturated carbocycles. The zero-order valence-electron chi connectivity index (χ0n) is 9.00. The molecule has 2 aliphatic rings. The molecule has 2 aliphatic carbocycles. The second-order valence-corrected chi connectivity index (χ2v) is 4.57. The van der Waals surface area contributed by atoms with E-state index in [1.807, 2.05) is 0 Å². The van der Waals surface area contributed by atoms with Crippen molar-refractivity contribution in [2.45, 2.75) is 38.6 Å². The summed E-state index contributed by atoms with van der Waals surface area (Å²) in [6, 6.07) is 0.683. The summed E-state index contributed by atoms with van der Waals surface area (Å²) in [5.74, 6) is 1.03. The Balaban J connectivity index is 1.64. The summed E-state index contributed by atoms with van der Waals surface area (Å²) < 4.78 is 0. The van der Waals surface area contributed by atoms with Crippen LogP contribution >= 0.6 is 0 Å².